The van der Waals surface area contributed by atoms with E-state index < -0.39 is 24.4 Å². The van der Waals surface area contributed by atoms with E-state index in [1.807, 2.05) is 6.92 Å². The van der Waals surface area contributed by atoms with Gasteiger partial charge in [0.25, 0.3) is 0 Å². The lowest BCUT2D eigenvalue weighted by atomic mass is 9.90. The van der Waals surface area contributed by atoms with Gasteiger partial charge in [-0.15, -0.1) is 19.0 Å². The summed E-state index contributed by atoms with van der Waals surface area (Å²) in [5.41, 5.74) is 5.55. The first kappa shape index (κ1) is 19.1. The van der Waals surface area contributed by atoms with Crippen molar-refractivity contribution in [3.63, 3.8) is 0 Å². The number of carbonyl (C=O) groups is 4. The molecule has 128 valence electrons. The molecule has 2 rings (SSSR count). The highest BCUT2D eigenvalue weighted by Crippen LogP contribution is 2.28. The zero-order valence-corrected chi connectivity index (χ0v) is 13.8. The molecule has 0 aliphatic carbocycles. The third-order valence-electron chi connectivity index (χ3n) is 4.14. The molecule has 0 aromatic carbocycles. The van der Waals surface area contributed by atoms with Crippen LogP contribution in [0.2, 0.25) is 0 Å². The van der Waals surface area contributed by atoms with Gasteiger partial charge in [0.05, 0.1) is 0 Å². The summed E-state index contributed by atoms with van der Waals surface area (Å²) in [7, 11) is 0. The molecule has 1 unspecified atom stereocenters. The Labute approximate surface area is 140 Å². The zero-order valence-electron chi connectivity index (χ0n) is 13.0. The second-order valence-corrected chi connectivity index (χ2v) is 5.96. The van der Waals surface area contributed by atoms with E-state index in [0.29, 0.717) is 24.5 Å². The summed E-state index contributed by atoms with van der Waals surface area (Å²) in [6.45, 7) is 6.43. The minimum absolute atomic E-state index is 0. The van der Waals surface area contributed by atoms with Crippen LogP contribution in [-0.2, 0) is 14.4 Å². The summed E-state index contributed by atoms with van der Waals surface area (Å²) >= 11 is 0. The van der Waals surface area contributed by atoms with E-state index in [1.165, 1.54) is 6.08 Å². The van der Waals surface area contributed by atoms with E-state index in [1.54, 1.807) is 4.90 Å². The quantitative estimate of drug-likeness (QED) is 0.414. The van der Waals surface area contributed by atoms with Crippen LogP contribution in [0.5, 0.6) is 0 Å². The van der Waals surface area contributed by atoms with Gasteiger partial charge in [0.2, 0.25) is 5.91 Å². The number of hydrogen-bond donors (Lipinski definition) is 1. The van der Waals surface area contributed by atoms with Gasteiger partial charge in [-0.25, -0.2) is 9.69 Å². The van der Waals surface area contributed by atoms with Crippen LogP contribution in [0.4, 0.5) is 4.79 Å². The van der Waals surface area contributed by atoms with E-state index in [-0.39, 0.29) is 30.3 Å². The fourth-order valence-corrected chi connectivity index (χ4v) is 2.62. The average Bonchev–Trinajstić information content (AvgIpc) is 2.98. The predicted molar refractivity (Wildman–Crippen MR) is 84.6 cm³/mol. The number of urea groups is 1. The second-order valence-electron chi connectivity index (χ2n) is 5.96. The first-order valence-electron chi connectivity index (χ1n) is 7.09. The number of hydrogen-bond acceptors (Lipinski definition) is 5. The number of likely N-dealkylation sites (tertiary alicyclic amines) is 1. The molecule has 2 saturated heterocycles. The molecule has 0 aromatic heterocycles. The van der Waals surface area contributed by atoms with Gasteiger partial charge in [-0.05, 0) is 18.4 Å². The Hall–Kier alpha value is -1.93. The van der Waals surface area contributed by atoms with Gasteiger partial charge in [-0.3, -0.25) is 19.3 Å². The molecule has 8 nitrogen and oxygen atoms in total. The number of rotatable bonds is 5. The molecular weight excluding hydrogens is 324 g/mol. The Kier molecular flexibility index (Phi) is 5.90. The Balaban J connectivity index is 0.00000264. The molecular formula is C14H21ClN4O4. The molecule has 0 saturated carbocycles. The van der Waals surface area contributed by atoms with E-state index in [9.17, 15) is 19.2 Å². The summed E-state index contributed by atoms with van der Waals surface area (Å²) in [6, 6.07) is -0.774. The maximum atomic E-state index is 12.3. The maximum Gasteiger partial charge on any atom is 0.335 e. The first-order chi connectivity index (χ1) is 10.3. The number of amides is 5. The van der Waals surface area contributed by atoms with E-state index in [4.69, 9.17) is 5.73 Å². The van der Waals surface area contributed by atoms with Crippen LogP contribution in [0, 0.1) is 5.41 Å². The predicted octanol–water partition coefficient (Wildman–Crippen LogP) is -0.418. The van der Waals surface area contributed by atoms with E-state index in [2.05, 4.69) is 6.58 Å². The van der Waals surface area contributed by atoms with Crippen molar-refractivity contribution < 1.29 is 19.2 Å². The van der Waals surface area contributed by atoms with Crippen LogP contribution in [0.15, 0.2) is 12.7 Å². The van der Waals surface area contributed by atoms with Gasteiger partial charge in [-0.2, -0.15) is 0 Å². The molecule has 2 heterocycles. The molecule has 2 N–H and O–H groups in total. The van der Waals surface area contributed by atoms with Crippen molar-refractivity contribution in [1.82, 2.24) is 14.7 Å². The number of imide groups is 2. The summed E-state index contributed by atoms with van der Waals surface area (Å²) in [4.78, 5) is 50.8. The molecule has 2 aliphatic heterocycles. The molecule has 0 bridgehead atoms. The van der Waals surface area contributed by atoms with Crippen molar-refractivity contribution in [3.8, 4) is 0 Å². The van der Waals surface area contributed by atoms with Crippen LogP contribution >= 0.6 is 12.4 Å². The molecule has 0 spiro atoms. The molecule has 5 amide bonds. The zero-order chi connectivity index (χ0) is 16.5. The number of nitrogens with zero attached hydrogens (tertiary/aromatic N) is 3. The fraction of sp³-hybridized carbons (Fsp3) is 0.571. The van der Waals surface area contributed by atoms with Crippen LogP contribution in [0.25, 0.3) is 0 Å². The van der Waals surface area contributed by atoms with Crippen LogP contribution < -0.4 is 5.73 Å². The van der Waals surface area contributed by atoms with E-state index >= 15 is 0 Å². The summed E-state index contributed by atoms with van der Waals surface area (Å²) in [5, 5.41) is 0. The molecule has 23 heavy (non-hydrogen) atoms. The Morgan fingerprint density at radius 2 is 1.91 bits per heavy atom. The number of nitrogens with two attached hydrogens (primary N) is 1. The minimum atomic E-state index is -0.971. The fourth-order valence-electron chi connectivity index (χ4n) is 2.62. The lowest BCUT2D eigenvalue weighted by Crippen LogP contribution is -2.43. The van der Waals surface area contributed by atoms with Gasteiger partial charge in [0, 0.05) is 19.6 Å². The van der Waals surface area contributed by atoms with Crippen LogP contribution in [-0.4, -0.2) is 71.2 Å². The van der Waals surface area contributed by atoms with Gasteiger partial charge in [0.1, 0.15) is 6.54 Å². The van der Waals surface area contributed by atoms with Crippen molar-refractivity contribution >= 4 is 36.2 Å². The van der Waals surface area contributed by atoms with Crippen molar-refractivity contribution in [2.45, 2.75) is 13.3 Å². The number of halogens is 1. The summed E-state index contributed by atoms with van der Waals surface area (Å²) < 4.78 is 0. The summed E-state index contributed by atoms with van der Waals surface area (Å²) in [5.74, 6) is -2.25. The molecule has 0 radical (unpaired) electrons. The van der Waals surface area contributed by atoms with Crippen LogP contribution in [0.1, 0.15) is 13.3 Å². The van der Waals surface area contributed by atoms with Gasteiger partial charge in [-0.1, -0.05) is 13.0 Å². The third-order valence-corrected chi connectivity index (χ3v) is 4.14. The highest BCUT2D eigenvalue weighted by Gasteiger charge is 2.45. The van der Waals surface area contributed by atoms with Gasteiger partial charge >= 0.3 is 17.8 Å². The standard InChI is InChI=1S/C14H20N4O4.ClH/c1-3-5-17-11(20)12(21)18(13(17)22)7-10(19)16-6-4-14(2,8-15)9-16;/h3H,1,4-9,15H2,2H3;1H. The maximum absolute atomic E-state index is 12.3. The Bertz CT molecular complexity index is 553. The molecule has 2 aliphatic rings. The average molecular weight is 345 g/mol. The lowest BCUT2D eigenvalue weighted by molar-refractivity contribution is -0.144. The largest absolute Gasteiger partial charge is 0.341 e. The normalized spacial score (nSPS) is 24.3. The minimum Gasteiger partial charge on any atom is -0.341 e. The topological polar surface area (TPSA) is 104 Å². The highest BCUT2D eigenvalue weighted by molar-refractivity contribution is 6.45. The Morgan fingerprint density at radius 3 is 2.43 bits per heavy atom. The molecule has 2 fully saturated rings. The van der Waals surface area contributed by atoms with Crippen molar-refractivity contribution in [2.24, 2.45) is 11.1 Å². The number of carbonyl (C=O) groups excluding carboxylic acids is 4. The Morgan fingerprint density at radius 1 is 1.30 bits per heavy atom. The van der Waals surface area contributed by atoms with Crippen molar-refractivity contribution in [2.75, 3.05) is 32.7 Å². The monoisotopic (exact) mass is 344 g/mol. The molecule has 9 heteroatoms. The van der Waals surface area contributed by atoms with Crippen molar-refractivity contribution in [1.29, 1.82) is 0 Å². The SMILES string of the molecule is C=CCN1C(=O)C(=O)N(CC(=O)N2CCC(C)(CN)C2)C1=O.Cl. The molecule has 1 atom stereocenters. The van der Waals surface area contributed by atoms with Gasteiger partial charge in [0.15, 0.2) is 0 Å². The molecule has 0 aromatic rings. The smallest absolute Gasteiger partial charge is 0.335 e. The van der Waals surface area contributed by atoms with E-state index in [0.717, 1.165) is 11.3 Å². The van der Waals surface area contributed by atoms with Gasteiger partial charge < -0.3 is 10.6 Å². The summed E-state index contributed by atoms with van der Waals surface area (Å²) in [6.07, 6.45) is 2.13. The third kappa shape index (κ3) is 3.53. The van der Waals surface area contributed by atoms with Crippen molar-refractivity contribution in [3.05, 3.63) is 12.7 Å². The second kappa shape index (κ2) is 7.10. The first-order valence-corrected chi connectivity index (χ1v) is 7.09. The highest BCUT2D eigenvalue weighted by atomic mass is 35.5. The lowest BCUT2D eigenvalue weighted by Gasteiger charge is -2.23. The van der Waals surface area contributed by atoms with Crippen LogP contribution in [0.3, 0.4) is 0 Å².